The summed E-state index contributed by atoms with van der Waals surface area (Å²) in [6.07, 6.45) is 2.60. The first-order chi connectivity index (χ1) is 8.94. The maximum Gasteiger partial charge on any atom is 0.232 e. The van der Waals surface area contributed by atoms with Gasteiger partial charge in [-0.15, -0.1) is 0 Å². The highest BCUT2D eigenvalue weighted by atomic mass is 16.5. The van der Waals surface area contributed by atoms with Gasteiger partial charge < -0.3 is 14.4 Å². The van der Waals surface area contributed by atoms with E-state index in [2.05, 4.69) is 10.1 Å². The lowest BCUT2D eigenvalue weighted by atomic mass is 9.90. The van der Waals surface area contributed by atoms with Gasteiger partial charge in [0.25, 0.3) is 0 Å². The van der Waals surface area contributed by atoms with Crippen molar-refractivity contribution < 1.29 is 14.4 Å². The molecule has 1 aliphatic rings. The summed E-state index contributed by atoms with van der Waals surface area (Å²) in [6.45, 7) is 8.59. The molecule has 1 fully saturated rings. The van der Waals surface area contributed by atoms with Crippen LogP contribution in [0.4, 0.5) is 0 Å². The highest BCUT2D eigenvalue weighted by Crippen LogP contribution is 2.34. The van der Waals surface area contributed by atoms with Crippen molar-refractivity contribution in [1.82, 2.24) is 10.1 Å². The van der Waals surface area contributed by atoms with E-state index >= 15 is 0 Å². The SMILES string of the molecule is CC(C)C(c1nc(C2(C)CCCCO2)no1)C(C)O. The van der Waals surface area contributed by atoms with Crippen LogP contribution < -0.4 is 0 Å². The first-order valence-corrected chi connectivity index (χ1v) is 7.10. The Balaban J connectivity index is 2.22. The smallest absolute Gasteiger partial charge is 0.232 e. The van der Waals surface area contributed by atoms with Gasteiger partial charge in [-0.2, -0.15) is 4.98 Å². The van der Waals surface area contributed by atoms with Crippen LogP contribution in [-0.2, 0) is 10.3 Å². The molecule has 0 radical (unpaired) electrons. The van der Waals surface area contributed by atoms with Gasteiger partial charge in [0.1, 0.15) is 5.60 Å². The molecule has 0 saturated carbocycles. The average Bonchev–Trinajstić information content (AvgIpc) is 2.79. The summed E-state index contributed by atoms with van der Waals surface area (Å²) in [5, 5.41) is 13.9. The second kappa shape index (κ2) is 5.59. The van der Waals surface area contributed by atoms with Crippen LogP contribution in [-0.4, -0.2) is 28.0 Å². The van der Waals surface area contributed by atoms with Crippen LogP contribution in [0.25, 0.3) is 0 Å². The number of ether oxygens (including phenoxy) is 1. The Kier molecular flexibility index (Phi) is 4.26. The second-order valence-corrected chi connectivity index (χ2v) is 6.00. The third-order valence-corrected chi connectivity index (χ3v) is 3.91. The fourth-order valence-electron chi connectivity index (χ4n) is 2.74. The lowest BCUT2D eigenvalue weighted by molar-refractivity contribution is -0.0770. The summed E-state index contributed by atoms with van der Waals surface area (Å²) < 4.78 is 11.2. The van der Waals surface area contributed by atoms with Crippen LogP contribution in [0.2, 0.25) is 0 Å². The van der Waals surface area contributed by atoms with Gasteiger partial charge in [0.05, 0.1) is 12.0 Å². The number of hydrogen-bond acceptors (Lipinski definition) is 5. The zero-order valence-electron chi connectivity index (χ0n) is 12.2. The monoisotopic (exact) mass is 268 g/mol. The molecule has 0 aromatic carbocycles. The number of aliphatic hydroxyl groups is 1. The van der Waals surface area contributed by atoms with E-state index < -0.39 is 11.7 Å². The Bertz CT molecular complexity index is 401. The minimum Gasteiger partial charge on any atom is -0.393 e. The van der Waals surface area contributed by atoms with Crippen molar-refractivity contribution in [2.75, 3.05) is 6.61 Å². The number of hydrogen-bond donors (Lipinski definition) is 1. The van der Waals surface area contributed by atoms with Crippen LogP contribution in [0.15, 0.2) is 4.52 Å². The minimum absolute atomic E-state index is 0.131. The molecule has 1 aromatic heterocycles. The predicted molar refractivity (Wildman–Crippen MR) is 70.7 cm³/mol. The van der Waals surface area contributed by atoms with Crippen LogP contribution in [0, 0.1) is 5.92 Å². The van der Waals surface area contributed by atoms with E-state index in [1.165, 1.54) is 0 Å². The molecule has 5 nitrogen and oxygen atoms in total. The first kappa shape index (κ1) is 14.5. The first-order valence-electron chi connectivity index (χ1n) is 7.10. The largest absolute Gasteiger partial charge is 0.393 e. The molecule has 1 saturated heterocycles. The Morgan fingerprint density at radius 2 is 2.00 bits per heavy atom. The standard InChI is InChI=1S/C14H24N2O3/c1-9(2)11(10(3)17)12-15-13(16-19-12)14(4)7-5-6-8-18-14/h9-11,17H,5-8H2,1-4H3. The summed E-state index contributed by atoms with van der Waals surface area (Å²) in [4.78, 5) is 4.49. The maximum absolute atomic E-state index is 9.86. The number of aromatic nitrogens is 2. The predicted octanol–water partition coefficient (Wildman–Crippen LogP) is 2.61. The van der Waals surface area contributed by atoms with Gasteiger partial charge in [-0.25, -0.2) is 0 Å². The summed E-state index contributed by atoms with van der Waals surface area (Å²) >= 11 is 0. The van der Waals surface area contributed by atoms with E-state index in [0.29, 0.717) is 11.7 Å². The van der Waals surface area contributed by atoms with Crippen LogP contribution in [0.3, 0.4) is 0 Å². The molecule has 2 heterocycles. The van der Waals surface area contributed by atoms with Gasteiger partial charge in [0, 0.05) is 6.61 Å². The van der Waals surface area contributed by atoms with Gasteiger partial charge in [-0.05, 0) is 39.0 Å². The summed E-state index contributed by atoms with van der Waals surface area (Å²) in [6, 6.07) is 0. The lowest BCUT2D eigenvalue weighted by Gasteiger charge is -2.30. The van der Waals surface area contributed by atoms with Crippen molar-refractivity contribution in [3.05, 3.63) is 11.7 Å². The summed E-state index contributed by atoms with van der Waals surface area (Å²) in [7, 11) is 0. The van der Waals surface area contributed by atoms with Crippen molar-refractivity contribution in [1.29, 1.82) is 0 Å². The molecular weight excluding hydrogens is 244 g/mol. The summed E-state index contributed by atoms with van der Waals surface area (Å²) in [5.74, 6) is 1.23. The molecule has 0 amide bonds. The normalized spacial score (nSPS) is 27.5. The Morgan fingerprint density at radius 1 is 1.26 bits per heavy atom. The van der Waals surface area contributed by atoms with E-state index in [0.717, 1.165) is 25.9 Å². The third-order valence-electron chi connectivity index (χ3n) is 3.91. The Hall–Kier alpha value is -0.940. The number of rotatable bonds is 4. The molecule has 19 heavy (non-hydrogen) atoms. The average molecular weight is 268 g/mol. The van der Waals surface area contributed by atoms with E-state index in [1.807, 2.05) is 20.8 Å². The van der Waals surface area contributed by atoms with Crippen molar-refractivity contribution >= 4 is 0 Å². The third kappa shape index (κ3) is 2.98. The van der Waals surface area contributed by atoms with E-state index in [4.69, 9.17) is 9.26 Å². The molecule has 3 unspecified atom stereocenters. The molecule has 0 aliphatic carbocycles. The van der Waals surface area contributed by atoms with Gasteiger partial charge in [-0.3, -0.25) is 0 Å². The zero-order valence-corrected chi connectivity index (χ0v) is 12.2. The molecular formula is C14H24N2O3. The minimum atomic E-state index is -0.506. The molecule has 0 spiro atoms. The highest BCUT2D eigenvalue weighted by Gasteiger charge is 2.36. The Morgan fingerprint density at radius 3 is 2.53 bits per heavy atom. The molecule has 1 aliphatic heterocycles. The Labute approximate surface area is 114 Å². The van der Waals surface area contributed by atoms with E-state index in [-0.39, 0.29) is 11.8 Å². The topological polar surface area (TPSA) is 68.4 Å². The lowest BCUT2D eigenvalue weighted by Crippen LogP contribution is -2.31. The van der Waals surface area contributed by atoms with Crippen molar-refractivity contribution in [3.8, 4) is 0 Å². The van der Waals surface area contributed by atoms with Crippen LogP contribution in [0.5, 0.6) is 0 Å². The van der Waals surface area contributed by atoms with Gasteiger partial charge in [-0.1, -0.05) is 19.0 Å². The molecule has 2 rings (SSSR count). The maximum atomic E-state index is 9.86. The molecule has 5 heteroatoms. The number of nitrogens with zero attached hydrogens (tertiary/aromatic N) is 2. The molecule has 0 bridgehead atoms. The van der Waals surface area contributed by atoms with E-state index in [9.17, 15) is 5.11 Å². The fraction of sp³-hybridized carbons (Fsp3) is 0.857. The second-order valence-electron chi connectivity index (χ2n) is 6.00. The van der Waals surface area contributed by atoms with Gasteiger partial charge >= 0.3 is 0 Å². The zero-order chi connectivity index (χ0) is 14.0. The van der Waals surface area contributed by atoms with Gasteiger partial charge in [0.15, 0.2) is 0 Å². The van der Waals surface area contributed by atoms with Crippen LogP contribution in [0.1, 0.15) is 64.6 Å². The van der Waals surface area contributed by atoms with Crippen molar-refractivity contribution in [3.63, 3.8) is 0 Å². The number of aliphatic hydroxyl groups excluding tert-OH is 1. The molecule has 1 N–H and O–H groups in total. The van der Waals surface area contributed by atoms with Gasteiger partial charge in [0.2, 0.25) is 11.7 Å². The van der Waals surface area contributed by atoms with E-state index in [1.54, 1.807) is 6.92 Å². The molecule has 108 valence electrons. The fourth-order valence-corrected chi connectivity index (χ4v) is 2.74. The quantitative estimate of drug-likeness (QED) is 0.909. The molecule has 3 atom stereocenters. The summed E-state index contributed by atoms with van der Waals surface area (Å²) in [5.41, 5.74) is -0.444. The van der Waals surface area contributed by atoms with Crippen LogP contribution >= 0.6 is 0 Å². The molecule has 1 aromatic rings. The van der Waals surface area contributed by atoms with Crippen molar-refractivity contribution in [2.24, 2.45) is 5.92 Å². The highest BCUT2D eigenvalue weighted by molar-refractivity contribution is 5.04. The van der Waals surface area contributed by atoms with Crippen molar-refractivity contribution in [2.45, 2.75) is 64.6 Å².